The lowest BCUT2D eigenvalue weighted by Gasteiger charge is -2.06. The number of rotatable bonds is 5. The number of esters is 1. The fourth-order valence-electron chi connectivity index (χ4n) is 1.32. The summed E-state index contributed by atoms with van der Waals surface area (Å²) in [5.74, 6) is 0.444. The SMILES string of the molecule is O=C(OCCOc1cccc(Br)c1)c1cccs1. The summed E-state index contributed by atoms with van der Waals surface area (Å²) in [5.41, 5.74) is 0. The highest BCUT2D eigenvalue weighted by atomic mass is 79.9. The monoisotopic (exact) mass is 326 g/mol. The van der Waals surface area contributed by atoms with E-state index in [4.69, 9.17) is 9.47 Å². The van der Waals surface area contributed by atoms with Gasteiger partial charge in [-0.25, -0.2) is 4.79 Å². The molecule has 0 amide bonds. The minimum Gasteiger partial charge on any atom is -0.490 e. The second-order valence-corrected chi connectivity index (χ2v) is 5.28. The lowest BCUT2D eigenvalue weighted by atomic mass is 10.3. The van der Waals surface area contributed by atoms with E-state index >= 15 is 0 Å². The highest BCUT2D eigenvalue weighted by Crippen LogP contribution is 2.17. The Balaban J connectivity index is 1.72. The van der Waals surface area contributed by atoms with E-state index in [0.29, 0.717) is 11.5 Å². The van der Waals surface area contributed by atoms with Gasteiger partial charge < -0.3 is 9.47 Å². The van der Waals surface area contributed by atoms with Gasteiger partial charge in [0.2, 0.25) is 0 Å². The number of benzene rings is 1. The minimum atomic E-state index is -0.303. The second kappa shape index (κ2) is 6.56. The molecular formula is C13H11BrO3S. The molecule has 0 unspecified atom stereocenters. The largest absolute Gasteiger partial charge is 0.490 e. The third kappa shape index (κ3) is 3.85. The van der Waals surface area contributed by atoms with Crippen LogP contribution in [0.4, 0.5) is 0 Å². The van der Waals surface area contributed by atoms with Crippen molar-refractivity contribution in [1.29, 1.82) is 0 Å². The molecule has 0 aliphatic rings. The Morgan fingerprint density at radius 3 is 2.83 bits per heavy atom. The molecule has 2 aromatic rings. The van der Waals surface area contributed by atoms with Crippen LogP contribution in [0.1, 0.15) is 9.67 Å². The third-order valence-corrected chi connectivity index (χ3v) is 3.45. The summed E-state index contributed by atoms with van der Waals surface area (Å²) < 4.78 is 11.5. The van der Waals surface area contributed by atoms with E-state index in [-0.39, 0.29) is 12.6 Å². The summed E-state index contributed by atoms with van der Waals surface area (Å²) in [6.45, 7) is 0.580. The van der Waals surface area contributed by atoms with Crippen molar-refractivity contribution in [3.63, 3.8) is 0 Å². The van der Waals surface area contributed by atoms with Gasteiger partial charge in [-0.1, -0.05) is 28.1 Å². The molecule has 1 heterocycles. The summed E-state index contributed by atoms with van der Waals surface area (Å²) in [5, 5.41) is 1.84. The van der Waals surface area contributed by atoms with Gasteiger partial charge in [0, 0.05) is 4.47 Å². The van der Waals surface area contributed by atoms with Crippen molar-refractivity contribution in [2.75, 3.05) is 13.2 Å². The predicted molar refractivity (Wildman–Crippen MR) is 74.2 cm³/mol. The Bertz CT molecular complexity index is 511. The summed E-state index contributed by atoms with van der Waals surface area (Å²) in [6.07, 6.45) is 0. The maximum absolute atomic E-state index is 11.5. The standard InChI is InChI=1S/C13H11BrO3S/c14-10-3-1-4-11(9-10)16-6-7-17-13(15)12-5-2-8-18-12/h1-5,8-9H,6-7H2. The number of hydrogen-bond donors (Lipinski definition) is 0. The Morgan fingerprint density at radius 1 is 1.22 bits per heavy atom. The van der Waals surface area contributed by atoms with Crippen molar-refractivity contribution in [2.24, 2.45) is 0 Å². The molecule has 0 spiro atoms. The molecule has 18 heavy (non-hydrogen) atoms. The molecule has 94 valence electrons. The van der Waals surface area contributed by atoms with Crippen molar-refractivity contribution in [1.82, 2.24) is 0 Å². The fraction of sp³-hybridized carbons (Fsp3) is 0.154. The Hall–Kier alpha value is -1.33. The lowest BCUT2D eigenvalue weighted by Crippen LogP contribution is -2.11. The molecule has 1 aromatic heterocycles. The number of thiophene rings is 1. The van der Waals surface area contributed by atoms with Crippen LogP contribution < -0.4 is 4.74 Å². The highest BCUT2D eigenvalue weighted by Gasteiger charge is 2.07. The van der Waals surface area contributed by atoms with Gasteiger partial charge in [-0.3, -0.25) is 0 Å². The zero-order valence-corrected chi connectivity index (χ0v) is 11.9. The van der Waals surface area contributed by atoms with E-state index < -0.39 is 0 Å². The van der Waals surface area contributed by atoms with E-state index in [1.165, 1.54) is 11.3 Å². The van der Waals surface area contributed by atoms with Crippen molar-refractivity contribution in [3.05, 3.63) is 51.1 Å². The molecule has 3 nitrogen and oxygen atoms in total. The quantitative estimate of drug-likeness (QED) is 0.620. The van der Waals surface area contributed by atoms with E-state index in [1.807, 2.05) is 35.7 Å². The topological polar surface area (TPSA) is 35.5 Å². The van der Waals surface area contributed by atoms with Gasteiger partial charge in [0.15, 0.2) is 0 Å². The summed E-state index contributed by atoms with van der Waals surface area (Å²) >= 11 is 4.72. The lowest BCUT2D eigenvalue weighted by molar-refractivity contribution is 0.0456. The van der Waals surface area contributed by atoms with Gasteiger partial charge in [-0.15, -0.1) is 11.3 Å². The summed E-state index contributed by atoms with van der Waals surface area (Å²) in [6, 6.07) is 11.1. The van der Waals surface area contributed by atoms with Crippen LogP contribution in [-0.2, 0) is 4.74 Å². The average molecular weight is 327 g/mol. The number of carbonyl (C=O) groups excluding carboxylic acids is 1. The smallest absolute Gasteiger partial charge is 0.348 e. The van der Waals surface area contributed by atoms with Crippen LogP contribution in [0, 0.1) is 0 Å². The van der Waals surface area contributed by atoms with Gasteiger partial charge in [0.05, 0.1) is 0 Å². The van der Waals surface area contributed by atoms with E-state index in [1.54, 1.807) is 6.07 Å². The van der Waals surface area contributed by atoms with E-state index in [0.717, 1.165) is 10.2 Å². The molecular weight excluding hydrogens is 316 g/mol. The number of ether oxygens (including phenoxy) is 2. The van der Waals surface area contributed by atoms with Crippen LogP contribution in [0.2, 0.25) is 0 Å². The Labute approximate surface area is 117 Å². The van der Waals surface area contributed by atoms with Crippen molar-refractivity contribution in [2.45, 2.75) is 0 Å². The first-order valence-corrected chi connectivity index (χ1v) is 7.02. The van der Waals surface area contributed by atoms with E-state index in [2.05, 4.69) is 15.9 Å². The molecule has 0 bridgehead atoms. The first kappa shape index (κ1) is 13.1. The number of hydrogen-bond acceptors (Lipinski definition) is 4. The highest BCUT2D eigenvalue weighted by molar-refractivity contribution is 9.10. The maximum Gasteiger partial charge on any atom is 0.348 e. The maximum atomic E-state index is 11.5. The zero-order valence-electron chi connectivity index (χ0n) is 9.47. The molecule has 0 saturated heterocycles. The molecule has 0 aliphatic heterocycles. The first-order valence-electron chi connectivity index (χ1n) is 5.35. The van der Waals surface area contributed by atoms with Gasteiger partial charge in [0.1, 0.15) is 23.8 Å². The molecule has 0 saturated carbocycles. The molecule has 5 heteroatoms. The normalized spacial score (nSPS) is 10.1. The van der Waals surface area contributed by atoms with Gasteiger partial charge in [-0.2, -0.15) is 0 Å². The van der Waals surface area contributed by atoms with Crippen LogP contribution in [0.25, 0.3) is 0 Å². The van der Waals surface area contributed by atoms with Gasteiger partial charge in [-0.05, 0) is 29.6 Å². The van der Waals surface area contributed by atoms with Crippen LogP contribution in [0.3, 0.4) is 0 Å². The average Bonchev–Trinajstić information content (AvgIpc) is 2.88. The van der Waals surface area contributed by atoms with Crippen LogP contribution in [-0.4, -0.2) is 19.2 Å². The molecule has 1 aromatic carbocycles. The Morgan fingerprint density at radius 2 is 2.11 bits per heavy atom. The van der Waals surface area contributed by atoms with Crippen LogP contribution in [0.15, 0.2) is 46.3 Å². The molecule has 0 fully saturated rings. The second-order valence-electron chi connectivity index (χ2n) is 3.42. The third-order valence-electron chi connectivity index (χ3n) is 2.10. The number of carbonyl (C=O) groups is 1. The van der Waals surface area contributed by atoms with Gasteiger partial charge >= 0.3 is 5.97 Å². The molecule has 0 atom stereocenters. The van der Waals surface area contributed by atoms with Crippen molar-refractivity contribution < 1.29 is 14.3 Å². The summed E-state index contributed by atoms with van der Waals surface area (Å²) in [4.78, 5) is 12.1. The summed E-state index contributed by atoms with van der Waals surface area (Å²) in [7, 11) is 0. The van der Waals surface area contributed by atoms with Crippen LogP contribution >= 0.6 is 27.3 Å². The molecule has 0 radical (unpaired) electrons. The van der Waals surface area contributed by atoms with Crippen molar-refractivity contribution >= 4 is 33.2 Å². The molecule has 2 rings (SSSR count). The number of halogens is 1. The first-order chi connectivity index (χ1) is 8.75. The predicted octanol–water partition coefficient (Wildman–Crippen LogP) is 3.75. The van der Waals surface area contributed by atoms with Crippen LogP contribution in [0.5, 0.6) is 5.75 Å². The van der Waals surface area contributed by atoms with Crippen molar-refractivity contribution in [3.8, 4) is 5.75 Å². The van der Waals surface area contributed by atoms with E-state index in [9.17, 15) is 4.79 Å². The fourth-order valence-corrected chi connectivity index (χ4v) is 2.31. The zero-order chi connectivity index (χ0) is 12.8. The molecule has 0 N–H and O–H groups in total. The molecule has 0 aliphatic carbocycles. The van der Waals surface area contributed by atoms with Gasteiger partial charge in [0.25, 0.3) is 0 Å². The minimum absolute atomic E-state index is 0.239. The Kier molecular flexibility index (Phi) is 4.78.